The molecule has 0 bridgehead atoms. The van der Waals surface area contributed by atoms with Gasteiger partial charge in [0.1, 0.15) is 29.6 Å². The van der Waals surface area contributed by atoms with Crippen molar-refractivity contribution in [2.75, 3.05) is 10.8 Å². The first kappa shape index (κ1) is 16.1. The second kappa shape index (κ2) is 5.41. The van der Waals surface area contributed by atoms with Crippen LogP contribution in [0.25, 0.3) is 11.1 Å². The molecule has 2 aromatic carbocycles. The van der Waals surface area contributed by atoms with Gasteiger partial charge in [0.2, 0.25) is 0 Å². The van der Waals surface area contributed by atoms with Crippen molar-refractivity contribution in [3.8, 4) is 16.9 Å². The second-order valence-electron chi connectivity index (χ2n) is 5.02. The summed E-state index contributed by atoms with van der Waals surface area (Å²) in [4.78, 5) is 11.2. The van der Waals surface area contributed by atoms with Gasteiger partial charge >= 0.3 is 10.2 Å². The van der Waals surface area contributed by atoms with E-state index in [4.69, 9.17) is 0 Å². The lowest BCUT2D eigenvalue weighted by atomic mass is 10.0. The number of nitrogens with zero attached hydrogens (tertiary/aromatic N) is 1. The average molecular weight is 358 g/mol. The van der Waals surface area contributed by atoms with Crippen molar-refractivity contribution in [2.24, 2.45) is 0 Å². The van der Waals surface area contributed by atoms with Gasteiger partial charge in [0.25, 0.3) is 5.91 Å². The minimum atomic E-state index is -4.31. The molecular formula is C14H9F3N2O4S. The Hall–Kier alpha value is -2.75. The monoisotopic (exact) mass is 358 g/mol. The number of hydrogen-bond donors (Lipinski definition) is 2. The molecule has 6 nitrogen and oxygen atoms in total. The first-order valence-corrected chi connectivity index (χ1v) is 7.93. The molecule has 24 heavy (non-hydrogen) atoms. The summed E-state index contributed by atoms with van der Waals surface area (Å²) in [6.07, 6.45) is 0. The minimum Gasteiger partial charge on any atom is -0.506 e. The van der Waals surface area contributed by atoms with Crippen LogP contribution in [0.1, 0.15) is 0 Å². The van der Waals surface area contributed by atoms with Crippen LogP contribution in [-0.4, -0.2) is 26.0 Å². The van der Waals surface area contributed by atoms with Crippen LogP contribution in [0.15, 0.2) is 30.3 Å². The van der Waals surface area contributed by atoms with Crippen molar-refractivity contribution in [1.82, 2.24) is 4.72 Å². The van der Waals surface area contributed by atoms with E-state index in [1.807, 2.05) is 0 Å². The minimum absolute atomic E-state index is 0.0493. The van der Waals surface area contributed by atoms with E-state index in [2.05, 4.69) is 0 Å². The molecule has 1 saturated heterocycles. The molecule has 0 saturated carbocycles. The molecule has 126 valence electrons. The van der Waals surface area contributed by atoms with Crippen LogP contribution in [0.5, 0.6) is 5.75 Å². The molecule has 3 rings (SSSR count). The maximum Gasteiger partial charge on any atom is 0.326 e. The number of phenols is 1. The number of phenolic OH excluding ortho intramolecular Hbond substituents is 1. The summed E-state index contributed by atoms with van der Waals surface area (Å²) in [7, 11) is -4.31. The Morgan fingerprint density at radius 3 is 2.08 bits per heavy atom. The van der Waals surface area contributed by atoms with E-state index in [9.17, 15) is 31.5 Å². The number of hydrogen-bond acceptors (Lipinski definition) is 4. The molecule has 0 radical (unpaired) electrons. The predicted octanol–water partition coefficient (Wildman–Crippen LogP) is 1.66. The number of rotatable bonds is 2. The summed E-state index contributed by atoms with van der Waals surface area (Å²) in [6.45, 7) is -0.694. The number of anilines is 1. The lowest BCUT2D eigenvalue weighted by Gasteiger charge is -2.17. The fourth-order valence-corrected chi connectivity index (χ4v) is 3.54. The van der Waals surface area contributed by atoms with Crippen molar-refractivity contribution in [3.05, 3.63) is 47.8 Å². The van der Waals surface area contributed by atoms with Gasteiger partial charge in [-0.1, -0.05) is 0 Å². The molecule has 0 unspecified atom stereocenters. The normalized spacial score (nSPS) is 16.3. The zero-order chi connectivity index (χ0) is 17.6. The molecular weight excluding hydrogens is 349 g/mol. The zero-order valence-electron chi connectivity index (χ0n) is 11.8. The van der Waals surface area contributed by atoms with Crippen LogP contribution in [0.4, 0.5) is 18.9 Å². The van der Waals surface area contributed by atoms with Gasteiger partial charge in [-0.15, -0.1) is 0 Å². The Balaban J connectivity index is 2.12. The van der Waals surface area contributed by atoms with Gasteiger partial charge in [-0.25, -0.2) is 22.2 Å². The van der Waals surface area contributed by atoms with Gasteiger partial charge in [-0.2, -0.15) is 8.42 Å². The first-order valence-electron chi connectivity index (χ1n) is 6.49. The SMILES string of the molecule is O=C1CN(c2c(O)cc(-c3cc(F)cc(F)c3)cc2F)S(=O)(=O)N1. The Morgan fingerprint density at radius 1 is 1.00 bits per heavy atom. The van der Waals surface area contributed by atoms with Gasteiger partial charge in [-0.05, 0) is 35.4 Å². The highest BCUT2D eigenvalue weighted by atomic mass is 32.2. The molecule has 2 N–H and O–H groups in total. The summed E-state index contributed by atoms with van der Waals surface area (Å²) < 4.78 is 66.3. The summed E-state index contributed by atoms with van der Waals surface area (Å²) in [6, 6.07) is 4.23. The van der Waals surface area contributed by atoms with Gasteiger partial charge in [0.05, 0.1) is 0 Å². The van der Waals surface area contributed by atoms with Crippen LogP contribution >= 0.6 is 0 Å². The number of carbonyl (C=O) groups excluding carboxylic acids is 1. The zero-order valence-corrected chi connectivity index (χ0v) is 12.6. The van der Waals surface area contributed by atoms with Gasteiger partial charge < -0.3 is 5.11 Å². The van der Waals surface area contributed by atoms with Crippen molar-refractivity contribution in [2.45, 2.75) is 0 Å². The quantitative estimate of drug-likeness (QED) is 0.855. The van der Waals surface area contributed by atoms with E-state index in [-0.39, 0.29) is 11.1 Å². The molecule has 0 spiro atoms. The average Bonchev–Trinajstić information content (AvgIpc) is 2.69. The van der Waals surface area contributed by atoms with Crippen molar-refractivity contribution < 1.29 is 31.5 Å². The van der Waals surface area contributed by atoms with Crippen molar-refractivity contribution in [3.63, 3.8) is 0 Å². The van der Waals surface area contributed by atoms with Crippen molar-refractivity contribution >= 4 is 21.8 Å². The molecule has 0 aromatic heterocycles. The van der Waals surface area contributed by atoms with Crippen LogP contribution in [-0.2, 0) is 15.0 Å². The molecule has 0 atom stereocenters. The number of benzene rings is 2. The van der Waals surface area contributed by atoms with E-state index >= 15 is 0 Å². The number of aromatic hydroxyl groups is 1. The maximum absolute atomic E-state index is 14.3. The lowest BCUT2D eigenvalue weighted by Crippen LogP contribution is -2.30. The highest BCUT2D eigenvalue weighted by molar-refractivity contribution is 7.92. The van der Waals surface area contributed by atoms with E-state index in [1.165, 1.54) is 0 Å². The first-order chi connectivity index (χ1) is 11.2. The highest BCUT2D eigenvalue weighted by Crippen LogP contribution is 2.37. The molecule has 1 heterocycles. The van der Waals surface area contributed by atoms with E-state index in [0.717, 1.165) is 24.3 Å². The third kappa shape index (κ3) is 2.75. The highest BCUT2D eigenvalue weighted by Gasteiger charge is 2.37. The third-order valence-electron chi connectivity index (χ3n) is 3.31. The summed E-state index contributed by atoms with van der Waals surface area (Å²) in [5.74, 6) is -4.65. The smallest absolute Gasteiger partial charge is 0.326 e. The third-order valence-corrected chi connectivity index (χ3v) is 4.69. The number of amides is 1. The predicted molar refractivity (Wildman–Crippen MR) is 77.8 cm³/mol. The molecule has 1 aliphatic rings. The second-order valence-corrected chi connectivity index (χ2v) is 6.62. The van der Waals surface area contributed by atoms with E-state index in [0.29, 0.717) is 10.4 Å². The molecule has 2 aromatic rings. The molecule has 10 heteroatoms. The summed E-state index contributed by atoms with van der Waals surface area (Å²) in [5.41, 5.74) is -0.844. The molecule has 1 amide bonds. The molecule has 1 aliphatic heterocycles. The Kier molecular flexibility index (Phi) is 3.63. The lowest BCUT2D eigenvalue weighted by molar-refractivity contribution is -0.117. The van der Waals surface area contributed by atoms with Gasteiger partial charge in [-0.3, -0.25) is 4.79 Å². The Labute approximate surface area is 134 Å². The van der Waals surface area contributed by atoms with Crippen LogP contribution in [0.3, 0.4) is 0 Å². The molecule has 0 aliphatic carbocycles. The van der Waals surface area contributed by atoms with Crippen molar-refractivity contribution in [1.29, 1.82) is 0 Å². The van der Waals surface area contributed by atoms with Gasteiger partial charge in [0, 0.05) is 6.07 Å². The van der Waals surface area contributed by atoms with Gasteiger partial charge in [0.15, 0.2) is 5.82 Å². The fourth-order valence-electron chi connectivity index (χ4n) is 2.36. The van der Waals surface area contributed by atoms with E-state index < -0.39 is 51.5 Å². The fraction of sp³-hybridized carbons (Fsp3) is 0.0714. The van der Waals surface area contributed by atoms with E-state index in [1.54, 1.807) is 4.72 Å². The van der Waals surface area contributed by atoms with Crippen LogP contribution < -0.4 is 9.03 Å². The van der Waals surface area contributed by atoms with Crippen LogP contribution in [0, 0.1) is 17.5 Å². The van der Waals surface area contributed by atoms with Crippen LogP contribution in [0.2, 0.25) is 0 Å². The standard InChI is InChI=1S/C14H9F3N2O4S/c15-9-1-7(2-10(16)5-9)8-3-11(17)14(12(20)4-8)19-6-13(21)18-24(19,22)23/h1-5,20H,6H2,(H,18,21). The summed E-state index contributed by atoms with van der Waals surface area (Å²) >= 11 is 0. The Morgan fingerprint density at radius 2 is 1.58 bits per heavy atom. The molecule has 1 fully saturated rings. The number of carbonyl (C=O) groups is 1. The largest absolute Gasteiger partial charge is 0.506 e. The maximum atomic E-state index is 14.3. The summed E-state index contributed by atoms with van der Waals surface area (Å²) in [5, 5.41) is 9.98. The topological polar surface area (TPSA) is 86.7 Å². The number of nitrogens with one attached hydrogen (secondary N) is 1. The Bertz CT molecular complexity index is 919. The number of halogens is 3.